The van der Waals surface area contributed by atoms with Crippen LogP contribution in [0.25, 0.3) is 0 Å². The number of hydrogen-bond acceptors (Lipinski definition) is 3. The molecule has 1 aromatic carbocycles. The average molecular weight is 305 g/mol. The lowest BCUT2D eigenvalue weighted by atomic mass is 9.97. The molecule has 0 spiro atoms. The van der Waals surface area contributed by atoms with Crippen molar-refractivity contribution >= 4 is 29.2 Å². The molecule has 0 fully saturated rings. The summed E-state index contributed by atoms with van der Waals surface area (Å²) in [5, 5.41) is 11.0. The Morgan fingerprint density at radius 2 is 1.68 bits per heavy atom. The van der Waals surface area contributed by atoms with Crippen LogP contribution in [0.2, 0.25) is 10.0 Å². The minimum absolute atomic E-state index is 0.415. The third kappa shape index (κ3) is 5.01. The highest BCUT2D eigenvalue weighted by molar-refractivity contribution is 6.34. The molecule has 1 aromatic rings. The lowest BCUT2D eigenvalue weighted by Crippen LogP contribution is -2.30. The monoisotopic (exact) mass is 304 g/mol. The lowest BCUT2D eigenvalue weighted by molar-refractivity contribution is -0.163. The number of rotatable bonds is 3. The first kappa shape index (κ1) is 16.3. The number of aliphatic hydroxyl groups is 1. The number of carbonyl (C=O) groups is 1. The van der Waals surface area contributed by atoms with Gasteiger partial charge in [-0.2, -0.15) is 0 Å². The van der Waals surface area contributed by atoms with Crippen LogP contribution in [0.1, 0.15) is 39.4 Å². The van der Waals surface area contributed by atoms with Crippen molar-refractivity contribution in [3.05, 3.63) is 33.8 Å². The fourth-order valence-corrected chi connectivity index (χ4v) is 2.10. The van der Waals surface area contributed by atoms with Crippen LogP contribution in [0.5, 0.6) is 0 Å². The van der Waals surface area contributed by atoms with Gasteiger partial charge >= 0.3 is 5.97 Å². The second-order valence-corrected chi connectivity index (χ2v) is 6.34. The van der Waals surface area contributed by atoms with Gasteiger partial charge in [-0.25, -0.2) is 0 Å². The molecule has 2 unspecified atom stereocenters. The molecule has 0 aliphatic rings. The molecule has 0 aromatic heterocycles. The van der Waals surface area contributed by atoms with Crippen LogP contribution in [0, 0.1) is 5.92 Å². The minimum atomic E-state index is -1.01. The Balaban J connectivity index is 2.87. The van der Waals surface area contributed by atoms with E-state index in [1.807, 2.05) is 0 Å². The van der Waals surface area contributed by atoms with E-state index >= 15 is 0 Å². The van der Waals surface area contributed by atoms with E-state index in [-0.39, 0.29) is 0 Å². The fourth-order valence-electron chi connectivity index (χ4n) is 1.56. The molecule has 0 aliphatic carbocycles. The SMILES string of the molecule is CC(C(=O)OC(C)(C)C)C(O)c1cc(Cl)cc(Cl)c1. The number of carbonyl (C=O) groups excluding carboxylic acids is 1. The Morgan fingerprint density at radius 1 is 1.21 bits per heavy atom. The number of benzene rings is 1. The van der Waals surface area contributed by atoms with E-state index in [1.54, 1.807) is 45.9 Å². The van der Waals surface area contributed by atoms with Gasteiger partial charge < -0.3 is 9.84 Å². The topological polar surface area (TPSA) is 46.5 Å². The third-order valence-corrected chi connectivity index (χ3v) is 2.92. The molecule has 0 radical (unpaired) electrons. The third-order valence-electron chi connectivity index (χ3n) is 2.48. The van der Waals surface area contributed by atoms with Crippen molar-refractivity contribution in [2.45, 2.75) is 39.4 Å². The number of aliphatic hydroxyl groups excluding tert-OH is 1. The molecule has 3 nitrogen and oxygen atoms in total. The molecule has 1 N–H and O–H groups in total. The maximum Gasteiger partial charge on any atom is 0.312 e. The highest BCUT2D eigenvalue weighted by Gasteiger charge is 2.28. The summed E-state index contributed by atoms with van der Waals surface area (Å²) in [5.41, 5.74) is -0.0901. The molecule has 2 atom stereocenters. The summed E-state index contributed by atoms with van der Waals surface area (Å²) in [7, 11) is 0. The molecule has 19 heavy (non-hydrogen) atoms. The molecule has 0 amide bonds. The Labute approximate surface area is 123 Å². The van der Waals surface area contributed by atoms with Crippen molar-refractivity contribution in [1.29, 1.82) is 0 Å². The molecule has 5 heteroatoms. The maximum absolute atomic E-state index is 11.9. The van der Waals surface area contributed by atoms with Gasteiger partial charge in [0.1, 0.15) is 5.60 Å². The first-order valence-corrected chi connectivity index (χ1v) is 6.72. The van der Waals surface area contributed by atoms with Crippen LogP contribution in [0.3, 0.4) is 0 Å². The van der Waals surface area contributed by atoms with E-state index in [0.717, 1.165) is 0 Å². The summed E-state index contributed by atoms with van der Waals surface area (Å²) in [6, 6.07) is 4.73. The van der Waals surface area contributed by atoms with Gasteiger partial charge in [-0.1, -0.05) is 23.2 Å². The summed E-state index contributed by atoms with van der Waals surface area (Å²) in [5.74, 6) is -1.16. The highest BCUT2D eigenvalue weighted by Crippen LogP contribution is 2.29. The van der Waals surface area contributed by atoms with Crippen molar-refractivity contribution in [3.8, 4) is 0 Å². The van der Waals surface area contributed by atoms with E-state index in [4.69, 9.17) is 27.9 Å². The Hall–Kier alpha value is -0.770. The first-order chi connectivity index (χ1) is 8.60. The van der Waals surface area contributed by atoms with Crippen LogP contribution < -0.4 is 0 Å². The average Bonchev–Trinajstić information content (AvgIpc) is 2.23. The summed E-state index contributed by atoms with van der Waals surface area (Å²) in [6.07, 6.45) is -1.01. The lowest BCUT2D eigenvalue weighted by Gasteiger charge is -2.24. The van der Waals surface area contributed by atoms with Crippen molar-refractivity contribution in [1.82, 2.24) is 0 Å². The van der Waals surface area contributed by atoms with Gasteiger partial charge in [0.15, 0.2) is 0 Å². The normalized spacial score (nSPS) is 14.9. The summed E-state index contributed by atoms with van der Waals surface area (Å²) in [6.45, 7) is 6.94. The Morgan fingerprint density at radius 3 is 2.11 bits per heavy atom. The molecule has 1 rings (SSSR count). The van der Waals surface area contributed by atoms with E-state index in [2.05, 4.69) is 0 Å². The summed E-state index contributed by atoms with van der Waals surface area (Å²) >= 11 is 11.7. The summed E-state index contributed by atoms with van der Waals surface area (Å²) < 4.78 is 5.24. The van der Waals surface area contributed by atoms with Crippen LogP contribution in [0.4, 0.5) is 0 Å². The molecule has 0 bridgehead atoms. The van der Waals surface area contributed by atoms with E-state index < -0.39 is 23.6 Å². The van der Waals surface area contributed by atoms with E-state index in [1.165, 1.54) is 0 Å². The van der Waals surface area contributed by atoms with Gasteiger partial charge in [0.05, 0.1) is 12.0 Å². The number of hydrogen-bond donors (Lipinski definition) is 1. The predicted octanol–water partition coefficient (Wildman–Crippen LogP) is 4.00. The van der Waals surface area contributed by atoms with Gasteiger partial charge in [-0.15, -0.1) is 0 Å². The zero-order valence-corrected chi connectivity index (χ0v) is 12.9. The van der Waals surface area contributed by atoms with Crippen LogP contribution >= 0.6 is 23.2 Å². The van der Waals surface area contributed by atoms with Gasteiger partial charge in [0, 0.05) is 10.0 Å². The number of esters is 1. The quantitative estimate of drug-likeness (QED) is 0.858. The Kier molecular flexibility index (Phi) is 5.25. The molecule has 106 valence electrons. The van der Waals surface area contributed by atoms with Crippen LogP contribution in [-0.2, 0) is 9.53 Å². The van der Waals surface area contributed by atoms with Gasteiger partial charge in [-0.05, 0) is 51.5 Å². The van der Waals surface area contributed by atoms with Gasteiger partial charge in [-0.3, -0.25) is 4.79 Å². The second kappa shape index (κ2) is 6.12. The van der Waals surface area contributed by atoms with Crippen LogP contribution in [-0.4, -0.2) is 16.7 Å². The largest absolute Gasteiger partial charge is 0.460 e. The predicted molar refractivity (Wildman–Crippen MR) is 76.4 cm³/mol. The smallest absolute Gasteiger partial charge is 0.312 e. The highest BCUT2D eigenvalue weighted by atomic mass is 35.5. The van der Waals surface area contributed by atoms with Gasteiger partial charge in [0.2, 0.25) is 0 Å². The van der Waals surface area contributed by atoms with E-state index in [9.17, 15) is 9.90 Å². The minimum Gasteiger partial charge on any atom is -0.460 e. The molecule has 0 saturated carbocycles. The van der Waals surface area contributed by atoms with Crippen molar-refractivity contribution < 1.29 is 14.6 Å². The van der Waals surface area contributed by atoms with Crippen LogP contribution in [0.15, 0.2) is 18.2 Å². The summed E-state index contributed by atoms with van der Waals surface area (Å²) in [4.78, 5) is 11.9. The number of ether oxygens (including phenoxy) is 1. The van der Waals surface area contributed by atoms with Gasteiger partial charge in [0.25, 0.3) is 0 Å². The molecule has 0 aliphatic heterocycles. The number of halogens is 2. The molecule has 0 heterocycles. The molecular weight excluding hydrogens is 287 g/mol. The molecule has 0 saturated heterocycles. The zero-order chi connectivity index (χ0) is 14.8. The zero-order valence-electron chi connectivity index (χ0n) is 11.4. The second-order valence-electron chi connectivity index (χ2n) is 5.47. The van der Waals surface area contributed by atoms with E-state index in [0.29, 0.717) is 15.6 Å². The maximum atomic E-state index is 11.9. The first-order valence-electron chi connectivity index (χ1n) is 5.97. The van der Waals surface area contributed by atoms with Crippen molar-refractivity contribution in [3.63, 3.8) is 0 Å². The molecular formula is C14H18Cl2O3. The van der Waals surface area contributed by atoms with Crippen molar-refractivity contribution in [2.75, 3.05) is 0 Å². The fraction of sp³-hybridized carbons (Fsp3) is 0.500. The standard InChI is InChI=1S/C14H18Cl2O3/c1-8(13(18)19-14(2,3)4)12(17)9-5-10(15)7-11(16)6-9/h5-8,12,17H,1-4H3. The van der Waals surface area contributed by atoms with Crippen molar-refractivity contribution in [2.24, 2.45) is 5.92 Å². The Bertz CT molecular complexity index is 446.